The topological polar surface area (TPSA) is 137 Å². The van der Waals surface area contributed by atoms with E-state index in [0.29, 0.717) is 31.1 Å². The first-order valence-corrected chi connectivity index (χ1v) is 23.5. The number of sulfone groups is 1. The molecule has 0 radical (unpaired) electrons. The van der Waals surface area contributed by atoms with Gasteiger partial charge in [0.1, 0.15) is 23.9 Å². The standard InChI is InChI=1S/C52H61ClN2O8S/c1-10-51(6,7)36-19-30-45(42(32-36)52(8,9)11-2)61-31-15-18-46(56)54-37-20-29-43(53)44(33-37)55-49(58)47(48(57)50(3,4)5)63-39-23-27-41(28-24-39)64(59,60)40-25-21-38(22-26-40)62-34-35-16-13-12-14-17-35/h12-14,16-17,19-30,32-33,47H,10-11,15,18,31,34H2,1-9H3,(H,54,56)(H,55,58). The Labute approximate surface area is 384 Å². The lowest BCUT2D eigenvalue weighted by Gasteiger charge is -2.30. The smallest absolute Gasteiger partial charge is 0.273 e. The highest BCUT2D eigenvalue weighted by atomic mass is 35.5. The van der Waals surface area contributed by atoms with E-state index >= 15 is 0 Å². The Kier molecular flexibility index (Phi) is 16.1. The zero-order valence-corrected chi connectivity index (χ0v) is 39.9. The van der Waals surface area contributed by atoms with Gasteiger partial charge in [0.25, 0.3) is 5.91 Å². The minimum Gasteiger partial charge on any atom is -0.493 e. The fraction of sp³-hybridized carbons (Fsp3) is 0.365. The molecular weight excluding hydrogens is 848 g/mol. The molecule has 0 aliphatic heterocycles. The third-order valence-corrected chi connectivity index (χ3v) is 13.7. The summed E-state index contributed by atoms with van der Waals surface area (Å²) in [6.45, 7) is 18.9. The lowest BCUT2D eigenvalue weighted by atomic mass is 9.76. The van der Waals surface area contributed by atoms with Crippen LogP contribution < -0.4 is 24.8 Å². The van der Waals surface area contributed by atoms with E-state index in [1.165, 1.54) is 54.1 Å². The summed E-state index contributed by atoms with van der Waals surface area (Å²) in [6, 6.07) is 32.3. The van der Waals surface area contributed by atoms with E-state index in [1.54, 1.807) is 39.0 Å². The number of benzene rings is 5. The number of carbonyl (C=O) groups is 3. The van der Waals surface area contributed by atoms with Crippen molar-refractivity contribution in [2.45, 2.75) is 121 Å². The summed E-state index contributed by atoms with van der Waals surface area (Å²) in [4.78, 5) is 40.6. The average Bonchev–Trinajstić information content (AvgIpc) is 3.27. The molecule has 1 unspecified atom stereocenters. The van der Waals surface area contributed by atoms with Crippen molar-refractivity contribution in [3.8, 4) is 17.2 Å². The number of rotatable bonds is 20. The number of anilines is 2. The second-order valence-electron chi connectivity index (χ2n) is 18.2. The number of Topliss-reactive ketones (excluding diaryl/α,β-unsaturated/α-hetero) is 1. The number of halogens is 1. The molecule has 5 aromatic rings. The number of ether oxygens (including phenoxy) is 3. The molecule has 0 heterocycles. The molecule has 0 bridgehead atoms. The molecule has 0 saturated carbocycles. The van der Waals surface area contributed by atoms with Crippen LogP contribution in [0.15, 0.2) is 125 Å². The first-order chi connectivity index (χ1) is 30.1. The lowest BCUT2D eigenvalue weighted by Crippen LogP contribution is -2.45. The Morgan fingerprint density at radius 3 is 1.89 bits per heavy atom. The van der Waals surface area contributed by atoms with Gasteiger partial charge in [-0.15, -0.1) is 0 Å². The van der Waals surface area contributed by atoms with E-state index in [-0.39, 0.29) is 49.4 Å². The lowest BCUT2D eigenvalue weighted by molar-refractivity contribution is -0.140. The van der Waals surface area contributed by atoms with Gasteiger partial charge < -0.3 is 24.8 Å². The fourth-order valence-corrected chi connectivity index (χ4v) is 8.01. The Morgan fingerprint density at radius 1 is 0.688 bits per heavy atom. The fourth-order valence-electron chi connectivity index (χ4n) is 6.58. The zero-order chi connectivity index (χ0) is 46.9. The second-order valence-corrected chi connectivity index (χ2v) is 20.6. The maximum Gasteiger partial charge on any atom is 0.273 e. The quantitative estimate of drug-likeness (QED) is 0.0582. The van der Waals surface area contributed by atoms with Crippen LogP contribution in [0.3, 0.4) is 0 Å². The molecule has 10 nitrogen and oxygen atoms in total. The number of nitrogens with one attached hydrogen (secondary N) is 2. The summed E-state index contributed by atoms with van der Waals surface area (Å²) in [5.41, 5.74) is 2.90. The summed E-state index contributed by atoms with van der Waals surface area (Å²) in [5, 5.41) is 5.72. The second kappa shape index (κ2) is 20.9. The van der Waals surface area contributed by atoms with Crippen molar-refractivity contribution in [3.63, 3.8) is 0 Å². The normalized spacial score (nSPS) is 12.5. The van der Waals surface area contributed by atoms with Gasteiger partial charge in [-0.1, -0.05) is 116 Å². The van der Waals surface area contributed by atoms with Gasteiger partial charge in [0.15, 0.2) is 5.78 Å². The molecule has 0 fully saturated rings. The molecule has 340 valence electrons. The molecule has 0 saturated heterocycles. The highest BCUT2D eigenvalue weighted by molar-refractivity contribution is 7.91. The average molecular weight is 910 g/mol. The summed E-state index contributed by atoms with van der Waals surface area (Å²) in [5.74, 6) is -0.137. The van der Waals surface area contributed by atoms with Crippen molar-refractivity contribution >= 4 is 50.4 Å². The van der Waals surface area contributed by atoms with Gasteiger partial charge in [0, 0.05) is 23.1 Å². The molecule has 0 aliphatic carbocycles. The molecule has 5 aromatic carbocycles. The minimum absolute atomic E-state index is 0.00873. The minimum atomic E-state index is -3.92. The summed E-state index contributed by atoms with van der Waals surface area (Å²) in [7, 11) is -3.92. The number of hydrogen-bond acceptors (Lipinski definition) is 8. The molecule has 2 N–H and O–H groups in total. The number of hydrogen-bond donors (Lipinski definition) is 2. The summed E-state index contributed by atoms with van der Waals surface area (Å²) in [6.07, 6.45) is 0.983. The monoisotopic (exact) mass is 908 g/mol. The summed E-state index contributed by atoms with van der Waals surface area (Å²) < 4.78 is 45.0. The molecule has 5 rings (SSSR count). The largest absolute Gasteiger partial charge is 0.493 e. The molecular formula is C52H61ClN2O8S. The van der Waals surface area contributed by atoms with E-state index in [1.807, 2.05) is 36.4 Å². The SMILES string of the molecule is CCC(C)(C)c1ccc(OCCCC(=O)Nc2ccc(Cl)c(NC(=O)C(Oc3ccc(S(=O)(=O)c4ccc(OCc5ccccc5)cc4)cc3)C(=O)C(C)(C)C)c2)c(C(C)(C)CC)c1. The molecule has 12 heteroatoms. The Hall–Kier alpha value is -5.65. The van der Waals surface area contributed by atoms with Crippen LogP contribution in [-0.4, -0.2) is 38.7 Å². The van der Waals surface area contributed by atoms with Gasteiger partial charge in [0.05, 0.1) is 27.1 Å². The van der Waals surface area contributed by atoms with E-state index < -0.39 is 33.0 Å². The van der Waals surface area contributed by atoms with Crippen molar-refractivity contribution < 1.29 is 37.0 Å². The Bertz CT molecular complexity index is 2510. The summed E-state index contributed by atoms with van der Waals surface area (Å²) >= 11 is 6.50. The maximum atomic E-state index is 13.8. The highest BCUT2D eigenvalue weighted by Gasteiger charge is 2.37. The van der Waals surface area contributed by atoms with Crippen LogP contribution in [0.5, 0.6) is 17.2 Å². The molecule has 0 aromatic heterocycles. The van der Waals surface area contributed by atoms with Gasteiger partial charge in [0.2, 0.25) is 21.8 Å². The van der Waals surface area contributed by atoms with Crippen molar-refractivity contribution in [3.05, 3.63) is 137 Å². The van der Waals surface area contributed by atoms with Crippen LogP contribution in [0, 0.1) is 5.41 Å². The van der Waals surface area contributed by atoms with Crippen LogP contribution in [-0.2, 0) is 41.7 Å². The third kappa shape index (κ3) is 12.8. The third-order valence-electron chi connectivity index (χ3n) is 11.6. The van der Waals surface area contributed by atoms with Crippen LogP contribution in [0.1, 0.15) is 105 Å². The Balaban J connectivity index is 1.21. The number of ketones is 1. The maximum absolute atomic E-state index is 13.8. The van der Waals surface area contributed by atoms with Gasteiger partial charge >= 0.3 is 0 Å². The molecule has 0 aliphatic rings. The zero-order valence-electron chi connectivity index (χ0n) is 38.3. The van der Waals surface area contributed by atoms with E-state index in [2.05, 4.69) is 64.3 Å². The van der Waals surface area contributed by atoms with Crippen LogP contribution in [0.2, 0.25) is 5.02 Å². The molecule has 2 amide bonds. The molecule has 64 heavy (non-hydrogen) atoms. The molecule has 0 spiro atoms. The predicted molar refractivity (Wildman–Crippen MR) is 255 cm³/mol. The molecule has 1 atom stereocenters. The van der Waals surface area contributed by atoms with Crippen LogP contribution in [0.25, 0.3) is 0 Å². The highest BCUT2D eigenvalue weighted by Crippen LogP contribution is 2.39. The van der Waals surface area contributed by atoms with Gasteiger partial charge in [-0.3, -0.25) is 14.4 Å². The van der Waals surface area contributed by atoms with Crippen molar-refractivity contribution in [2.24, 2.45) is 5.41 Å². The number of amides is 2. The van der Waals surface area contributed by atoms with Gasteiger partial charge in [-0.05, 0) is 114 Å². The van der Waals surface area contributed by atoms with Gasteiger partial charge in [-0.25, -0.2) is 8.42 Å². The van der Waals surface area contributed by atoms with E-state index in [9.17, 15) is 22.8 Å². The van der Waals surface area contributed by atoms with E-state index in [4.69, 9.17) is 25.8 Å². The first-order valence-electron chi connectivity index (χ1n) is 21.7. The Morgan fingerprint density at radius 2 is 1.30 bits per heavy atom. The van der Waals surface area contributed by atoms with Crippen LogP contribution >= 0.6 is 11.6 Å². The van der Waals surface area contributed by atoms with Gasteiger partial charge in [-0.2, -0.15) is 0 Å². The first kappa shape index (κ1) is 49.4. The van der Waals surface area contributed by atoms with Crippen LogP contribution in [0.4, 0.5) is 11.4 Å². The number of carbonyl (C=O) groups excluding carboxylic acids is 3. The van der Waals surface area contributed by atoms with Crippen molar-refractivity contribution in [1.82, 2.24) is 0 Å². The van der Waals surface area contributed by atoms with Crippen molar-refractivity contribution in [2.75, 3.05) is 17.2 Å². The van der Waals surface area contributed by atoms with Crippen molar-refractivity contribution in [1.29, 1.82) is 0 Å². The predicted octanol–water partition coefficient (Wildman–Crippen LogP) is 11.9. The van der Waals surface area contributed by atoms with E-state index in [0.717, 1.165) is 29.7 Å².